The summed E-state index contributed by atoms with van der Waals surface area (Å²) in [6.07, 6.45) is 4.45. The summed E-state index contributed by atoms with van der Waals surface area (Å²) in [7, 11) is 0. The maximum atomic E-state index is 2.36. The fraction of sp³-hybridized carbons (Fsp3) is 0.0952. The number of hydrogen-bond acceptors (Lipinski definition) is 1. The highest BCUT2D eigenvalue weighted by Gasteiger charge is 2.18. The first-order valence-electron chi connectivity index (χ1n) is 15.3. The summed E-state index contributed by atoms with van der Waals surface area (Å²) in [6.45, 7) is 6.80. The molecule has 0 atom stereocenters. The number of nitrogens with zero attached hydrogens (tertiary/aromatic N) is 2. The zero-order valence-corrected chi connectivity index (χ0v) is 25.5. The average molecular weight is 569 g/mol. The van der Waals surface area contributed by atoms with E-state index in [-0.39, 0.29) is 5.41 Å². The van der Waals surface area contributed by atoms with Crippen LogP contribution in [0.25, 0.3) is 39.6 Å². The second-order valence-corrected chi connectivity index (χ2v) is 12.3. The molecule has 0 N–H and O–H groups in total. The third-order valence-corrected chi connectivity index (χ3v) is 8.32. The van der Waals surface area contributed by atoms with Crippen molar-refractivity contribution in [2.75, 3.05) is 4.90 Å². The number of rotatable bonds is 6. The van der Waals surface area contributed by atoms with Gasteiger partial charge in [-0.05, 0) is 82.8 Å². The van der Waals surface area contributed by atoms with Gasteiger partial charge in [0.15, 0.2) is 0 Å². The minimum Gasteiger partial charge on any atom is -0.310 e. The summed E-state index contributed by atoms with van der Waals surface area (Å²) in [4.78, 5) is 2.34. The Bertz CT molecular complexity index is 2080. The molecule has 44 heavy (non-hydrogen) atoms. The van der Waals surface area contributed by atoms with E-state index in [4.69, 9.17) is 0 Å². The highest BCUT2D eigenvalue weighted by atomic mass is 15.1. The van der Waals surface area contributed by atoms with Crippen molar-refractivity contribution >= 4 is 51.0 Å². The zero-order chi connectivity index (χ0) is 30.1. The van der Waals surface area contributed by atoms with Crippen LogP contribution >= 0.6 is 0 Å². The molecule has 0 aliphatic rings. The molecular weight excluding hydrogens is 532 g/mol. The van der Waals surface area contributed by atoms with E-state index in [1.807, 2.05) is 0 Å². The van der Waals surface area contributed by atoms with Gasteiger partial charge < -0.3 is 9.47 Å². The van der Waals surface area contributed by atoms with E-state index in [9.17, 15) is 0 Å². The number of benzene rings is 6. The fourth-order valence-electron chi connectivity index (χ4n) is 6.23. The summed E-state index contributed by atoms with van der Waals surface area (Å²) < 4.78 is 2.36. The molecule has 0 spiro atoms. The van der Waals surface area contributed by atoms with E-state index in [0.717, 1.165) is 17.1 Å². The largest absolute Gasteiger partial charge is 0.310 e. The Morgan fingerprint density at radius 1 is 0.500 bits per heavy atom. The molecule has 0 aliphatic carbocycles. The lowest BCUT2D eigenvalue weighted by atomic mass is 9.83. The summed E-state index contributed by atoms with van der Waals surface area (Å²) in [5.41, 5.74) is 10.8. The van der Waals surface area contributed by atoms with Crippen molar-refractivity contribution < 1.29 is 0 Å². The third-order valence-electron chi connectivity index (χ3n) is 8.32. The van der Waals surface area contributed by atoms with Crippen LogP contribution in [0.3, 0.4) is 0 Å². The van der Waals surface area contributed by atoms with Crippen LogP contribution in [0.4, 0.5) is 17.1 Å². The van der Waals surface area contributed by atoms with Crippen LogP contribution in [0.15, 0.2) is 152 Å². The SMILES string of the molecule is CC(C)(C)c1ccccc1C=Cc1ccc(N(c2ccccc2)c2ccc3c(c2)c2ccccc2n3-c2ccccc2)cc1. The van der Waals surface area contributed by atoms with E-state index in [1.54, 1.807) is 0 Å². The molecule has 7 rings (SSSR count). The van der Waals surface area contributed by atoms with Gasteiger partial charge in [0.05, 0.1) is 11.0 Å². The van der Waals surface area contributed by atoms with Crippen LogP contribution < -0.4 is 4.90 Å². The highest BCUT2D eigenvalue weighted by molar-refractivity contribution is 6.10. The maximum Gasteiger partial charge on any atom is 0.0542 e. The van der Waals surface area contributed by atoms with Gasteiger partial charge in [0.1, 0.15) is 0 Å². The number of para-hydroxylation sites is 3. The number of fused-ring (bicyclic) bond motifs is 3. The molecule has 6 aromatic carbocycles. The van der Waals surface area contributed by atoms with Crippen molar-refractivity contribution in [1.29, 1.82) is 0 Å². The molecule has 7 aromatic rings. The molecule has 0 aliphatic heterocycles. The minimum atomic E-state index is 0.0927. The second-order valence-electron chi connectivity index (χ2n) is 12.3. The Hall–Kier alpha value is -5.34. The topological polar surface area (TPSA) is 8.17 Å². The lowest BCUT2D eigenvalue weighted by Crippen LogP contribution is -2.12. The first kappa shape index (κ1) is 27.5. The van der Waals surface area contributed by atoms with Gasteiger partial charge in [0.2, 0.25) is 0 Å². The first-order valence-corrected chi connectivity index (χ1v) is 15.3. The predicted molar refractivity (Wildman–Crippen MR) is 190 cm³/mol. The van der Waals surface area contributed by atoms with E-state index >= 15 is 0 Å². The highest BCUT2D eigenvalue weighted by Crippen LogP contribution is 2.39. The van der Waals surface area contributed by atoms with Crippen molar-refractivity contribution in [2.45, 2.75) is 26.2 Å². The van der Waals surface area contributed by atoms with E-state index in [1.165, 1.54) is 44.2 Å². The zero-order valence-electron chi connectivity index (χ0n) is 25.5. The van der Waals surface area contributed by atoms with Crippen LogP contribution in [0.1, 0.15) is 37.5 Å². The molecule has 214 valence electrons. The maximum absolute atomic E-state index is 2.36. The number of hydrogen-bond donors (Lipinski definition) is 0. The van der Waals surface area contributed by atoms with Gasteiger partial charge in [-0.1, -0.05) is 124 Å². The number of aromatic nitrogens is 1. The molecule has 0 amide bonds. The number of anilines is 3. The Kier molecular flexibility index (Phi) is 7.12. The van der Waals surface area contributed by atoms with Crippen molar-refractivity contribution in [3.8, 4) is 5.69 Å². The van der Waals surface area contributed by atoms with Crippen molar-refractivity contribution in [3.63, 3.8) is 0 Å². The minimum absolute atomic E-state index is 0.0927. The van der Waals surface area contributed by atoms with Crippen molar-refractivity contribution in [3.05, 3.63) is 168 Å². The third kappa shape index (κ3) is 5.20. The summed E-state index contributed by atoms with van der Waals surface area (Å²) in [5, 5.41) is 2.48. The van der Waals surface area contributed by atoms with Gasteiger partial charge in [-0.25, -0.2) is 0 Å². The van der Waals surface area contributed by atoms with Crippen molar-refractivity contribution in [2.24, 2.45) is 0 Å². The molecule has 0 fully saturated rings. The van der Waals surface area contributed by atoms with E-state index < -0.39 is 0 Å². The Morgan fingerprint density at radius 2 is 1.09 bits per heavy atom. The molecule has 0 radical (unpaired) electrons. The van der Waals surface area contributed by atoms with Crippen molar-refractivity contribution in [1.82, 2.24) is 4.57 Å². The molecule has 0 saturated heterocycles. The van der Waals surface area contributed by atoms with Gasteiger partial charge in [0.25, 0.3) is 0 Å². The van der Waals surface area contributed by atoms with Crippen LogP contribution in [-0.4, -0.2) is 4.57 Å². The second kappa shape index (κ2) is 11.4. The molecule has 0 saturated carbocycles. The van der Waals surface area contributed by atoms with E-state index in [2.05, 4.69) is 194 Å². The lowest BCUT2D eigenvalue weighted by molar-refractivity contribution is 0.589. The summed E-state index contributed by atoms with van der Waals surface area (Å²) in [6, 6.07) is 54.3. The van der Waals surface area contributed by atoms with Gasteiger partial charge in [-0.15, -0.1) is 0 Å². The first-order chi connectivity index (χ1) is 21.5. The van der Waals surface area contributed by atoms with Crippen LogP contribution in [0, 0.1) is 0 Å². The molecule has 1 heterocycles. The predicted octanol–water partition coefficient (Wildman–Crippen LogP) is 11.7. The monoisotopic (exact) mass is 568 g/mol. The van der Waals surface area contributed by atoms with Crippen LogP contribution in [-0.2, 0) is 5.41 Å². The molecule has 1 aromatic heterocycles. The average Bonchev–Trinajstić information content (AvgIpc) is 3.39. The Balaban J connectivity index is 1.30. The quantitative estimate of drug-likeness (QED) is 0.181. The molecule has 0 bridgehead atoms. The summed E-state index contributed by atoms with van der Waals surface area (Å²) in [5.74, 6) is 0. The molecule has 2 heteroatoms. The van der Waals surface area contributed by atoms with Gasteiger partial charge in [-0.3, -0.25) is 0 Å². The van der Waals surface area contributed by atoms with E-state index in [0.29, 0.717) is 0 Å². The van der Waals surface area contributed by atoms with Gasteiger partial charge in [-0.2, -0.15) is 0 Å². The normalized spacial score (nSPS) is 11.9. The standard InChI is InChI=1S/C42H36N2/c1-42(2,3)39-20-12-10-14-32(39)25-22-31-23-26-35(27-24-31)43(33-15-6-4-7-16-33)36-28-29-41-38(30-36)37-19-11-13-21-40(37)44(41)34-17-8-5-9-18-34/h4-30H,1-3H3. The van der Waals surface area contributed by atoms with Gasteiger partial charge >= 0.3 is 0 Å². The Labute approximate surface area is 260 Å². The Morgan fingerprint density at radius 3 is 1.84 bits per heavy atom. The molecule has 2 nitrogen and oxygen atoms in total. The summed E-state index contributed by atoms with van der Waals surface area (Å²) >= 11 is 0. The van der Waals surface area contributed by atoms with Crippen LogP contribution in [0.2, 0.25) is 0 Å². The van der Waals surface area contributed by atoms with Crippen LogP contribution in [0.5, 0.6) is 0 Å². The fourth-order valence-corrected chi connectivity index (χ4v) is 6.23. The smallest absolute Gasteiger partial charge is 0.0542 e. The molecular formula is C42H36N2. The molecule has 0 unspecified atom stereocenters. The lowest BCUT2D eigenvalue weighted by Gasteiger charge is -2.26. The van der Waals surface area contributed by atoms with Gasteiger partial charge in [0, 0.05) is 33.5 Å².